The lowest BCUT2D eigenvalue weighted by molar-refractivity contribution is -0.318. The molecule has 10 atom stereocenters. The molecular formula is C28H43F9O2. The van der Waals surface area contributed by atoms with Crippen molar-refractivity contribution in [3.63, 3.8) is 0 Å². The van der Waals surface area contributed by atoms with E-state index in [4.69, 9.17) is 4.74 Å². The third kappa shape index (κ3) is 7.77. The van der Waals surface area contributed by atoms with Gasteiger partial charge in [-0.1, -0.05) is 20.8 Å². The first-order valence-corrected chi connectivity index (χ1v) is 14.5. The Labute approximate surface area is 225 Å². The van der Waals surface area contributed by atoms with Crippen molar-refractivity contribution in [1.29, 1.82) is 0 Å². The maximum atomic E-state index is 15.3. The van der Waals surface area contributed by atoms with Gasteiger partial charge >= 0.3 is 6.11 Å². The van der Waals surface area contributed by atoms with Crippen LogP contribution >= 0.6 is 0 Å². The predicted molar refractivity (Wildman–Crippen MR) is 130 cm³/mol. The minimum atomic E-state index is -4.43. The van der Waals surface area contributed by atoms with Gasteiger partial charge in [-0.05, 0) is 62.7 Å². The Morgan fingerprint density at radius 2 is 1.21 bits per heavy atom. The lowest BCUT2D eigenvalue weighted by Gasteiger charge is -2.43. The van der Waals surface area contributed by atoms with Gasteiger partial charge in [0.25, 0.3) is 0 Å². The molecule has 0 amide bonds. The molecule has 1 heterocycles. The van der Waals surface area contributed by atoms with Crippen molar-refractivity contribution < 1.29 is 49.0 Å². The Morgan fingerprint density at radius 3 is 1.74 bits per heavy atom. The molecule has 10 unspecified atom stereocenters. The average molecular weight is 583 g/mol. The van der Waals surface area contributed by atoms with E-state index in [2.05, 4.69) is 4.74 Å². The highest BCUT2D eigenvalue weighted by Gasteiger charge is 2.56. The maximum absolute atomic E-state index is 15.3. The van der Waals surface area contributed by atoms with Crippen molar-refractivity contribution in [2.45, 2.75) is 140 Å². The number of hydrogen-bond acceptors (Lipinski definition) is 2. The average Bonchev–Trinajstić information content (AvgIpc) is 3.01. The second-order valence-electron chi connectivity index (χ2n) is 11.8. The molecule has 1 saturated heterocycles. The summed E-state index contributed by atoms with van der Waals surface area (Å²) in [6, 6.07) is 0. The molecule has 0 spiro atoms. The summed E-state index contributed by atoms with van der Waals surface area (Å²) in [7, 11) is 0. The number of alkyl halides is 9. The van der Waals surface area contributed by atoms with Gasteiger partial charge in [0.1, 0.15) is 42.9 Å². The third-order valence-electron chi connectivity index (χ3n) is 9.00. The van der Waals surface area contributed by atoms with E-state index in [-0.39, 0.29) is 31.3 Å². The smallest absolute Gasteiger partial charge is 0.364 e. The number of ether oxygens (including phenoxy) is 2. The SMILES string of the molecule is CC.CC1CCC(C2CC(F)C(C3CCC(F)C(C(F)(F)OC4CC(F)C(F)C(F)C4)C(F)C3)C(F)C2)OC1. The molecule has 3 saturated carbocycles. The van der Waals surface area contributed by atoms with E-state index in [1.54, 1.807) is 0 Å². The van der Waals surface area contributed by atoms with Gasteiger partial charge in [0.15, 0.2) is 6.17 Å². The summed E-state index contributed by atoms with van der Waals surface area (Å²) >= 11 is 0. The quantitative estimate of drug-likeness (QED) is 0.239. The first-order valence-electron chi connectivity index (χ1n) is 14.5. The molecule has 230 valence electrons. The van der Waals surface area contributed by atoms with Crippen molar-refractivity contribution in [3.05, 3.63) is 0 Å². The van der Waals surface area contributed by atoms with E-state index in [0.717, 1.165) is 6.42 Å². The molecule has 0 aromatic heterocycles. The fourth-order valence-electron chi connectivity index (χ4n) is 6.97. The van der Waals surface area contributed by atoms with Crippen LogP contribution in [0, 0.1) is 29.6 Å². The van der Waals surface area contributed by atoms with E-state index in [9.17, 15) is 26.3 Å². The summed E-state index contributed by atoms with van der Waals surface area (Å²) in [5.74, 6) is -4.78. The maximum Gasteiger partial charge on any atom is 0.364 e. The second kappa shape index (κ2) is 14.0. The highest BCUT2D eigenvalue weighted by Crippen LogP contribution is 2.49. The van der Waals surface area contributed by atoms with Crippen LogP contribution in [0.4, 0.5) is 39.5 Å². The van der Waals surface area contributed by atoms with E-state index in [1.165, 1.54) is 0 Å². The molecule has 39 heavy (non-hydrogen) atoms. The summed E-state index contributed by atoms with van der Waals surface area (Å²) in [4.78, 5) is 0. The van der Waals surface area contributed by atoms with Crippen molar-refractivity contribution in [3.8, 4) is 0 Å². The van der Waals surface area contributed by atoms with E-state index >= 15 is 13.2 Å². The van der Waals surface area contributed by atoms with Crippen LogP contribution in [0.5, 0.6) is 0 Å². The Hall–Kier alpha value is -0.710. The van der Waals surface area contributed by atoms with E-state index in [1.807, 2.05) is 20.8 Å². The van der Waals surface area contributed by atoms with Crippen LogP contribution in [0.2, 0.25) is 0 Å². The molecule has 4 rings (SSSR count). The van der Waals surface area contributed by atoms with Crippen molar-refractivity contribution in [1.82, 2.24) is 0 Å². The summed E-state index contributed by atoms with van der Waals surface area (Å²) in [5.41, 5.74) is 0. The Kier molecular flexibility index (Phi) is 11.7. The first-order chi connectivity index (χ1) is 18.4. The zero-order chi connectivity index (χ0) is 29.1. The molecule has 3 aliphatic carbocycles. The van der Waals surface area contributed by atoms with Gasteiger partial charge in [0.05, 0.1) is 12.2 Å². The topological polar surface area (TPSA) is 18.5 Å². The fourth-order valence-corrected chi connectivity index (χ4v) is 6.97. The van der Waals surface area contributed by atoms with Crippen LogP contribution in [0.1, 0.15) is 78.6 Å². The highest BCUT2D eigenvalue weighted by atomic mass is 19.3. The first kappa shape index (κ1) is 32.8. The Balaban J connectivity index is 0.00000205. The monoisotopic (exact) mass is 582 g/mol. The van der Waals surface area contributed by atoms with Crippen molar-refractivity contribution in [2.75, 3.05) is 6.61 Å². The van der Waals surface area contributed by atoms with Gasteiger partial charge in [-0.2, -0.15) is 8.78 Å². The Bertz CT molecular complexity index is 714. The number of halogens is 9. The van der Waals surface area contributed by atoms with Crippen LogP contribution in [-0.2, 0) is 9.47 Å². The van der Waals surface area contributed by atoms with Crippen LogP contribution in [0.15, 0.2) is 0 Å². The van der Waals surface area contributed by atoms with Gasteiger partial charge in [-0.15, -0.1) is 0 Å². The number of rotatable bonds is 5. The lowest BCUT2D eigenvalue weighted by Crippen LogP contribution is -2.49. The summed E-state index contributed by atoms with van der Waals surface area (Å²) in [6.07, 6.45) is -23.3. The molecule has 11 heteroatoms. The van der Waals surface area contributed by atoms with Crippen LogP contribution < -0.4 is 0 Å². The summed E-state index contributed by atoms with van der Waals surface area (Å²) in [6.45, 7) is 6.56. The van der Waals surface area contributed by atoms with Crippen LogP contribution in [0.25, 0.3) is 0 Å². The third-order valence-corrected chi connectivity index (χ3v) is 9.00. The molecule has 0 aromatic rings. The summed E-state index contributed by atoms with van der Waals surface area (Å²) in [5, 5.41) is 0. The van der Waals surface area contributed by atoms with Crippen molar-refractivity contribution >= 4 is 0 Å². The molecule has 0 radical (unpaired) electrons. The highest BCUT2D eigenvalue weighted by molar-refractivity contribution is 4.98. The van der Waals surface area contributed by atoms with Gasteiger partial charge in [-0.25, -0.2) is 30.7 Å². The molecule has 2 nitrogen and oxygen atoms in total. The molecular weight excluding hydrogens is 539 g/mol. The normalized spacial score (nSPS) is 48.0. The van der Waals surface area contributed by atoms with Crippen molar-refractivity contribution in [2.24, 2.45) is 29.6 Å². The zero-order valence-electron chi connectivity index (χ0n) is 22.9. The molecule has 4 aliphatic rings. The predicted octanol–water partition coefficient (Wildman–Crippen LogP) is 8.41. The molecule has 4 fully saturated rings. The van der Waals surface area contributed by atoms with Crippen LogP contribution in [-0.4, -0.2) is 68.1 Å². The molecule has 0 N–H and O–H groups in total. The minimum absolute atomic E-state index is 0.0192. The molecule has 1 aliphatic heterocycles. The van der Waals surface area contributed by atoms with Gasteiger partial charge < -0.3 is 9.47 Å². The largest absolute Gasteiger partial charge is 0.378 e. The van der Waals surface area contributed by atoms with Gasteiger partial charge in [0, 0.05) is 25.4 Å². The standard InChI is InChI=1S/C26H37F9O2.C2H6/c1-12-2-5-22(36-11-12)14-7-17(28)23(18(29)8-14)13-3-4-16(27)24(19(30)6-13)26(34,35)37-15-9-20(31)25(33)21(32)10-15;1-2/h12-25H,2-11H2,1H3;1-2H3. The molecule has 0 aromatic carbocycles. The van der Waals surface area contributed by atoms with E-state index in [0.29, 0.717) is 18.9 Å². The second-order valence-corrected chi connectivity index (χ2v) is 11.8. The van der Waals surface area contributed by atoms with E-state index < -0.39 is 98.9 Å². The fraction of sp³-hybridized carbons (Fsp3) is 1.00. The summed E-state index contributed by atoms with van der Waals surface area (Å²) < 4.78 is 141. The lowest BCUT2D eigenvalue weighted by atomic mass is 9.69. The molecule has 0 bridgehead atoms. The van der Waals surface area contributed by atoms with Gasteiger partial charge in [-0.3, -0.25) is 0 Å². The van der Waals surface area contributed by atoms with Gasteiger partial charge in [0.2, 0.25) is 0 Å². The minimum Gasteiger partial charge on any atom is -0.378 e. The number of hydrogen-bond donors (Lipinski definition) is 0. The zero-order valence-corrected chi connectivity index (χ0v) is 22.9. The Morgan fingerprint density at radius 1 is 0.641 bits per heavy atom. The van der Waals surface area contributed by atoms with Crippen LogP contribution in [0.3, 0.4) is 0 Å².